The zero-order valence-corrected chi connectivity index (χ0v) is 14.5. The molecule has 0 fully saturated rings. The number of amides is 1. The fraction of sp³-hybridized carbons (Fsp3) is 0.286. The number of nitrogens with one attached hydrogen (secondary N) is 1. The van der Waals surface area contributed by atoms with E-state index in [-0.39, 0.29) is 11.7 Å². The second kappa shape index (κ2) is 6.44. The number of rotatable bonds is 4. The van der Waals surface area contributed by atoms with Crippen LogP contribution in [0.4, 0.5) is 16.6 Å². The maximum atomic E-state index is 12.4. The molecule has 1 heterocycles. The van der Waals surface area contributed by atoms with Crippen LogP contribution in [0.1, 0.15) is 22.2 Å². The maximum absolute atomic E-state index is 12.4. The zero-order chi connectivity index (χ0) is 15.6. The van der Waals surface area contributed by atoms with E-state index in [1.54, 1.807) is 0 Å². The summed E-state index contributed by atoms with van der Waals surface area (Å²) >= 11 is 4.72. The molecule has 0 radical (unpaired) electrons. The van der Waals surface area contributed by atoms with Gasteiger partial charge in [0.2, 0.25) is 0 Å². The average molecular weight is 369 g/mol. The molecule has 0 unspecified atom stereocenters. The highest BCUT2D eigenvalue weighted by Crippen LogP contribution is 2.29. The summed E-state index contributed by atoms with van der Waals surface area (Å²) in [6.07, 6.45) is 0. The van der Waals surface area contributed by atoms with Gasteiger partial charge in [0, 0.05) is 18.1 Å². The smallest absolute Gasteiger partial charge is 0.269 e. The van der Waals surface area contributed by atoms with Crippen LogP contribution < -0.4 is 16.0 Å². The molecule has 0 saturated heterocycles. The summed E-state index contributed by atoms with van der Waals surface area (Å²) in [5.41, 5.74) is 7.64. The highest BCUT2D eigenvalue weighted by molar-refractivity contribution is 9.10. The summed E-state index contributed by atoms with van der Waals surface area (Å²) in [5, 5.41) is 3.60. The fourth-order valence-electron chi connectivity index (χ4n) is 1.70. The van der Waals surface area contributed by atoms with Gasteiger partial charge in [-0.05, 0) is 47.5 Å². The number of carbonyl (C=O) groups excluding carboxylic acids is 1. The van der Waals surface area contributed by atoms with Crippen molar-refractivity contribution < 1.29 is 4.79 Å². The molecule has 1 amide bonds. The van der Waals surface area contributed by atoms with Crippen LogP contribution in [0.2, 0.25) is 0 Å². The van der Waals surface area contributed by atoms with Crippen molar-refractivity contribution in [2.75, 3.05) is 29.5 Å². The van der Waals surface area contributed by atoms with Gasteiger partial charge in [0.05, 0.1) is 5.69 Å². The van der Waals surface area contributed by atoms with Crippen molar-refractivity contribution in [2.45, 2.75) is 13.8 Å². The molecule has 0 atom stereocenters. The van der Waals surface area contributed by atoms with E-state index in [2.05, 4.69) is 26.2 Å². The molecule has 0 aliphatic rings. The minimum atomic E-state index is -0.243. The Labute approximate surface area is 136 Å². The van der Waals surface area contributed by atoms with Gasteiger partial charge in [-0.15, -0.1) is 0 Å². The third-order valence-corrected chi connectivity index (χ3v) is 4.89. The fourth-order valence-corrected chi connectivity index (χ4v) is 2.95. The van der Waals surface area contributed by atoms with Gasteiger partial charge in [0.15, 0.2) is 5.13 Å². The molecular formula is C14H17BrN4OS. The van der Waals surface area contributed by atoms with E-state index >= 15 is 0 Å². The molecular weight excluding hydrogens is 352 g/mol. The molecule has 3 N–H and O–H groups in total. The summed E-state index contributed by atoms with van der Waals surface area (Å²) < 4.78 is 0.829. The topological polar surface area (TPSA) is 71.2 Å². The lowest BCUT2D eigenvalue weighted by atomic mass is 10.2. The Morgan fingerprint density at radius 2 is 2.24 bits per heavy atom. The molecule has 2 aromatic rings. The van der Waals surface area contributed by atoms with Crippen LogP contribution in [-0.2, 0) is 0 Å². The molecule has 0 aliphatic heterocycles. The van der Waals surface area contributed by atoms with E-state index in [4.69, 9.17) is 5.73 Å². The molecule has 1 aromatic heterocycles. The van der Waals surface area contributed by atoms with Crippen molar-refractivity contribution in [1.82, 2.24) is 4.98 Å². The van der Waals surface area contributed by atoms with Crippen molar-refractivity contribution in [3.8, 4) is 0 Å². The number of hydrogen-bond acceptors (Lipinski definition) is 5. The summed E-state index contributed by atoms with van der Waals surface area (Å²) in [5.74, 6) is 0.0172. The van der Waals surface area contributed by atoms with Gasteiger partial charge in [0.1, 0.15) is 10.7 Å². The first kappa shape index (κ1) is 15.8. The number of aryl methyl sites for hydroxylation is 1. The van der Waals surface area contributed by atoms with E-state index in [1.807, 2.05) is 44.0 Å². The Hall–Kier alpha value is -1.60. The first-order chi connectivity index (χ1) is 9.92. The number of benzene rings is 1. The third-order valence-electron chi connectivity index (χ3n) is 3.02. The van der Waals surface area contributed by atoms with Gasteiger partial charge in [-0.1, -0.05) is 17.4 Å². The minimum absolute atomic E-state index is 0.243. The molecule has 0 spiro atoms. The molecule has 5 nitrogen and oxygen atoms in total. The number of nitrogens with zero attached hydrogens (tertiary/aromatic N) is 2. The van der Waals surface area contributed by atoms with E-state index in [0.717, 1.165) is 27.4 Å². The van der Waals surface area contributed by atoms with Crippen molar-refractivity contribution in [2.24, 2.45) is 0 Å². The van der Waals surface area contributed by atoms with Crippen LogP contribution in [0.5, 0.6) is 0 Å². The van der Waals surface area contributed by atoms with Gasteiger partial charge in [-0.2, -0.15) is 0 Å². The normalized spacial score (nSPS) is 10.5. The van der Waals surface area contributed by atoms with E-state index in [1.165, 1.54) is 11.3 Å². The largest absolute Gasteiger partial charge is 0.382 e. The average Bonchev–Trinajstić information content (AvgIpc) is 2.84. The van der Waals surface area contributed by atoms with E-state index < -0.39 is 0 Å². The summed E-state index contributed by atoms with van der Waals surface area (Å²) in [7, 11) is 1.91. The van der Waals surface area contributed by atoms with Gasteiger partial charge in [0.25, 0.3) is 5.91 Å². The molecule has 21 heavy (non-hydrogen) atoms. The van der Waals surface area contributed by atoms with Crippen molar-refractivity contribution in [3.05, 3.63) is 33.1 Å². The first-order valence-corrected chi connectivity index (χ1v) is 8.08. The molecule has 112 valence electrons. The number of aromatic nitrogens is 1. The number of halogens is 1. The molecule has 2 rings (SSSR count). The Morgan fingerprint density at radius 3 is 2.90 bits per heavy atom. The lowest BCUT2D eigenvalue weighted by molar-refractivity contribution is 0.103. The number of anilines is 3. The van der Waals surface area contributed by atoms with Gasteiger partial charge in [-0.3, -0.25) is 4.79 Å². The van der Waals surface area contributed by atoms with Crippen LogP contribution in [-0.4, -0.2) is 24.5 Å². The summed E-state index contributed by atoms with van der Waals surface area (Å²) in [6.45, 7) is 4.79. The number of hydrogen-bond donors (Lipinski definition) is 2. The molecule has 1 aromatic carbocycles. The number of nitrogens with two attached hydrogens (primary N) is 1. The highest BCUT2D eigenvalue weighted by Gasteiger charge is 2.18. The standard InChI is InChI=1S/C14H17BrN4OS/c1-4-19(3)14-18-12(16)11(21-14)13(20)17-10-7-8(2)5-6-9(10)15/h5-7H,4,16H2,1-3H3,(H,17,20). The number of nitrogen functional groups attached to an aromatic ring is 1. The summed E-state index contributed by atoms with van der Waals surface area (Å²) in [4.78, 5) is 19.0. The number of carbonyl (C=O) groups is 1. The minimum Gasteiger partial charge on any atom is -0.382 e. The van der Waals surface area contributed by atoms with Crippen molar-refractivity contribution >= 4 is 49.8 Å². The van der Waals surface area contributed by atoms with Gasteiger partial charge in [-0.25, -0.2) is 4.98 Å². The Bertz CT molecular complexity index is 671. The van der Waals surface area contributed by atoms with Crippen molar-refractivity contribution in [1.29, 1.82) is 0 Å². The lowest BCUT2D eigenvalue weighted by Crippen LogP contribution is -2.15. The zero-order valence-electron chi connectivity index (χ0n) is 12.1. The second-order valence-electron chi connectivity index (χ2n) is 4.66. The lowest BCUT2D eigenvalue weighted by Gasteiger charge is -2.11. The predicted molar refractivity (Wildman–Crippen MR) is 92.3 cm³/mol. The monoisotopic (exact) mass is 368 g/mol. The number of thiazole rings is 1. The van der Waals surface area contributed by atoms with Crippen molar-refractivity contribution in [3.63, 3.8) is 0 Å². The maximum Gasteiger partial charge on any atom is 0.269 e. The first-order valence-electron chi connectivity index (χ1n) is 6.47. The van der Waals surface area contributed by atoms with Crippen LogP contribution >= 0.6 is 27.3 Å². The second-order valence-corrected chi connectivity index (χ2v) is 6.49. The predicted octanol–water partition coefficient (Wildman–Crippen LogP) is 3.50. The quantitative estimate of drug-likeness (QED) is 0.865. The van der Waals surface area contributed by atoms with E-state index in [9.17, 15) is 4.79 Å². The molecule has 7 heteroatoms. The van der Waals surface area contributed by atoms with Gasteiger partial charge < -0.3 is 16.0 Å². The Kier molecular flexibility index (Phi) is 4.84. The third kappa shape index (κ3) is 3.54. The molecule has 0 bridgehead atoms. The SMILES string of the molecule is CCN(C)c1nc(N)c(C(=O)Nc2cc(C)ccc2Br)s1. The van der Waals surface area contributed by atoms with Crippen LogP contribution in [0.25, 0.3) is 0 Å². The van der Waals surface area contributed by atoms with Crippen LogP contribution in [0.15, 0.2) is 22.7 Å². The van der Waals surface area contributed by atoms with E-state index in [0.29, 0.717) is 4.88 Å². The summed E-state index contributed by atoms with van der Waals surface area (Å²) in [6, 6.07) is 5.77. The Balaban J connectivity index is 2.24. The highest BCUT2D eigenvalue weighted by atomic mass is 79.9. The van der Waals surface area contributed by atoms with Gasteiger partial charge >= 0.3 is 0 Å². The molecule has 0 saturated carbocycles. The Morgan fingerprint density at radius 1 is 1.52 bits per heavy atom. The molecule has 0 aliphatic carbocycles. The van der Waals surface area contributed by atoms with Crippen LogP contribution in [0, 0.1) is 6.92 Å². The van der Waals surface area contributed by atoms with Crippen LogP contribution in [0.3, 0.4) is 0 Å².